The number of aldehydes is 1. The summed E-state index contributed by atoms with van der Waals surface area (Å²) in [5, 5.41) is 2.00. The first kappa shape index (κ1) is 10.3. The number of nitrogens with two attached hydrogens (primary N) is 1. The Kier molecular flexibility index (Phi) is 4.74. The summed E-state index contributed by atoms with van der Waals surface area (Å²) in [6.45, 7) is 3.91. The van der Waals surface area contributed by atoms with Crippen LogP contribution in [0.3, 0.4) is 0 Å². The van der Waals surface area contributed by atoms with Gasteiger partial charge in [-0.05, 0) is 31.8 Å². The second-order valence-electron chi connectivity index (χ2n) is 2.01. The minimum atomic E-state index is 0.861. The Bertz CT molecular complexity index is 210. The van der Waals surface area contributed by atoms with Crippen LogP contribution in [0.25, 0.3) is 0 Å². The monoisotopic (exact) mass is 171 g/mol. The molecular weight excluding hydrogens is 158 g/mol. The third-order valence-corrected chi connectivity index (χ3v) is 2.38. The first-order chi connectivity index (χ1) is 5.25. The molecule has 1 aromatic rings. The Morgan fingerprint density at radius 2 is 2.00 bits per heavy atom. The summed E-state index contributed by atoms with van der Waals surface area (Å²) in [4.78, 5) is 11.4. The molecule has 3 heteroatoms. The van der Waals surface area contributed by atoms with E-state index in [1.54, 1.807) is 11.3 Å². The molecule has 11 heavy (non-hydrogen) atoms. The van der Waals surface area contributed by atoms with E-state index in [0.717, 1.165) is 22.3 Å². The smallest absolute Gasteiger partial charge is 0.151 e. The number of carbonyl (C=O) groups is 1. The van der Waals surface area contributed by atoms with E-state index in [2.05, 4.69) is 5.73 Å². The molecule has 0 aromatic carbocycles. The Morgan fingerprint density at radius 1 is 1.45 bits per heavy atom. The summed E-state index contributed by atoms with van der Waals surface area (Å²) in [7, 11) is 1.50. The average Bonchev–Trinajstić information content (AvgIpc) is 2.35. The van der Waals surface area contributed by atoms with E-state index in [9.17, 15) is 4.79 Å². The SMILES string of the molecule is CN.Cc1csc(C)c1C=O. The van der Waals surface area contributed by atoms with Crippen molar-refractivity contribution in [3.63, 3.8) is 0 Å². The molecule has 1 heterocycles. The highest BCUT2D eigenvalue weighted by Gasteiger charge is 2.00. The maximum Gasteiger partial charge on any atom is 0.151 e. The zero-order valence-electron chi connectivity index (χ0n) is 7.05. The van der Waals surface area contributed by atoms with E-state index >= 15 is 0 Å². The first-order valence-electron chi connectivity index (χ1n) is 3.33. The van der Waals surface area contributed by atoms with Gasteiger partial charge in [-0.15, -0.1) is 11.3 Å². The number of carbonyl (C=O) groups excluding carboxylic acids is 1. The number of hydrogen-bond acceptors (Lipinski definition) is 3. The van der Waals surface area contributed by atoms with Crippen LogP contribution in [-0.4, -0.2) is 13.3 Å². The van der Waals surface area contributed by atoms with Crippen molar-refractivity contribution in [2.24, 2.45) is 5.73 Å². The van der Waals surface area contributed by atoms with Crippen molar-refractivity contribution < 1.29 is 4.79 Å². The number of aryl methyl sites for hydroxylation is 2. The van der Waals surface area contributed by atoms with Crippen LogP contribution in [0.15, 0.2) is 5.38 Å². The predicted octanol–water partition coefficient (Wildman–Crippen LogP) is 1.75. The number of hydrogen-bond donors (Lipinski definition) is 1. The van der Waals surface area contributed by atoms with Crippen LogP contribution in [0.1, 0.15) is 20.8 Å². The second kappa shape index (κ2) is 5.04. The van der Waals surface area contributed by atoms with Gasteiger partial charge in [0.15, 0.2) is 6.29 Å². The van der Waals surface area contributed by atoms with Gasteiger partial charge in [0.05, 0.1) is 0 Å². The van der Waals surface area contributed by atoms with Gasteiger partial charge < -0.3 is 5.73 Å². The molecule has 0 saturated heterocycles. The van der Waals surface area contributed by atoms with Gasteiger partial charge in [-0.1, -0.05) is 0 Å². The summed E-state index contributed by atoms with van der Waals surface area (Å²) in [5.74, 6) is 0. The molecule has 1 rings (SSSR count). The third kappa shape index (κ3) is 2.44. The van der Waals surface area contributed by atoms with Gasteiger partial charge in [0.25, 0.3) is 0 Å². The second-order valence-corrected chi connectivity index (χ2v) is 3.09. The third-order valence-electron chi connectivity index (χ3n) is 1.33. The van der Waals surface area contributed by atoms with Crippen LogP contribution in [0.2, 0.25) is 0 Å². The first-order valence-corrected chi connectivity index (χ1v) is 4.21. The van der Waals surface area contributed by atoms with Crippen molar-refractivity contribution in [1.29, 1.82) is 0 Å². The fraction of sp³-hybridized carbons (Fsp3) is 0.375. The lowest BCUT2D eigenvalue weighted by molar-refractivity contribution is 0.112. The standard InChI is InChI=1S/C7H8OS.CH5N/c1-5-4-9-6(2)7(5)3-8;1-2/h3-4H,1-2H3;2H2,1H3. The zero-order chi connectivity index (χ0) is 8.85. The van der Waals surface area contributed by atoms with Crippen molar-refractivity contribution in [2.45, 2.75) is 13.8 Å². The Balaban J connectivity index is 0.000000461. The van der Waals surface area contributed by atoms with Gasteiger partial charge in [0.2, 0.25) is 0 Å². The van der Waals surface area contributed by atoms with E-state index in [1.807, 2.05) is 19.2 Å². The Hall–Kier alpha value is -0.670. The molecule has 0 unspecified atom stereocenters. The molecule has 2 nitrogen and oxygen atoms in total. The fourth-order valence-electron chi connectivity index (χ4n) is 0.757. The number of thiophene rings is 1. The molecule has 62 valence electrons. The van der Waals surface area contributed by atoms with E-state index in [0.29, 0.717) is 0 Å². The predicted molar refractivity (Wildman–Crippen MR) is 49.3 cm³/mol. The van der Waals surface area contributed by atoms with Crippen molar-refractivity contribution >= 4 is 17.6 Å². The van der Waals surface area contributed by atoms with Crippen molar-refractivity contribution in [1.82, 2.24) is 0 Å². The summed E-state index contributed by atoms with van der Waals surface area (Å²) < 4.78 is 0. The van der Waals surface area contributed by atoms with E-state index in [4.69, 9.17) is 0 Å². The van der Waals surface area contributed by atoms with Gasteiger partial charge in [-0.3, -0.25) is 4.79 Å². The molecule has 2 N–H and O–H groups in total. The lowest BCUT2D eigenvalue weighted by Crippen LogP contribution is -1.80. The van der Waals surface area contributed by atoms with Crippen LogP contribution in [0.5, 0.6) is 0 Å². The van der Waals surface area contributed by atoms with Crippen LogP contribution in [-0.2, 0) is 0 Å². The fourth-order valence-corrected chi connectivity index (χ4v) is 1.57. The van der Waals surface area contributed by atoms with Gasteiger partial charge in [-0.2, -0.15) is 0 Å². The highest BCUT2D eigenvalue weighted by Crippen LogP contribution is 2.17. The molecule has 0 amide bonds. The van der Waals surface area contributed by atoms with E-state index < -0.39 is 0 Å². The van der Waals surface area contributed by atoms with E-state index in [-0.39, 0.29) is 0 Å². The highest BCUT2D eigenvalue weighted by molar-refractivity contribution is 7.10. The van der Waals surface area contributed by atoms with Crippen molar-refractivity contribution in [3.8, 4) is 0 Å². The van der Waals surface area contributed by atoms with Crippen LogP contribution < -0.4 is 5.73 Å². The summed E-state index contributed by atoms with van der Waals surface area (Å²) in [6, 6.07) is 0. The maximum absolute atomic E-state index is 10.3. The minimum absolute atomic E-state index is 0.861. The molecule has 0 spiro atoms. The molecule has 0 aliphatic carbocycles. The average molecular weight is 171 g/mol. The molecule has 0 radical (unpaired) electrons. The molecule has 0 saturated carbocycles. The maximum atomic E-state index is 10.3. The molecular formula is C8H13NOS. The quantitative estimate of drug-likeness (QED) is 0.654. The van der Waals surface area contributed by atoms with Crippen molar-refractivity contribution in [3.05, 3.63) is 21.4 Å². The van der Waals surface area contributed by atoms with Gasteiger partial charge in [0, 0.05) is 10.4 Å². The molecule has 0 fully saturated rings. The summed E-state index contributed by atoms with van der Waals surface area (Å²) in [6.07, 6.45) is 0.918. The normalized spacial score (nSPS) is 8.36. The topological polar surface area (TPSA) is 43.1 Å². The van der Waals surface area contributed by atoms with Gasteiger partial charge in [-0.25, -0.2) is 0 Å². The largest absolute Gasteiger partial charge is 0.333 e. The van der Waals surface area contributed by atoms with Gasteiger partial charge in [0.1, 0.15) is 0 Å². The number of rotatable bonds is 1. The van der Waals surface area contributed by atoms with E-state index in [1.165, 1.54) is 7.05 Å². The zero-order valence-corrected chi connectivity index (χ0v) is 7.87. The lowest BCUT2D eigenvalue weighted by atomic mass is 10.2. The Labute approximate surface area is 71.0 Å². The molecule has 0 aliphatic rings. The van der Waals surface area contributed by atoms with Crippen molar-refractivity contribution in [2.75, 3.05) is 7.05 Å². The molecule has 0 bridgehead atoms. The Morgan fingerprint density at radius 3 is 2.18 bits per heavy atom. The van der Waals surface area contributed by atoms with Gasteiger partial charge >= 0.3 is 0 Å². The lowest BCUT2D eigenvalue weighted by Gasteiger charge is -1.85. The summed E-state index contributed by atoms with van der Waals surface area (Å²) >= 11 is 1.62. The minimum Gasteiger partial charge on any atom is -0.333 e. The van der Waals surface area contributed by atoms with Crippen LogP contribution in [0.4, 0.5) is 0 Å². The molecule has 0 aliphatic heterocycles. The highest BCUT2D eigenvalue weighted by atomic mass is 32.1. The van der Waals surface area contributed by atoms with Crippen LogP contribution in [0, 0.1) is 13.8 Å². The molecule has 0 atom stereocenters. The van der Waals surface area contributed by atoms with Crippen LogP contribution >= 0.6 is 11.3 Å². The molecule has 1 aromatic heterocycles. The summed E-state index contributed by atoms with van der Waals surface area (Å²) in [5.41, 5.74) is 6.45.